The molecule has 0 atom stereocenters. The van der Waals surface area contributed by atoms with E-state index < -0.39 is 10.0 Å². The minimum atomic E-state index is -3.45. The van der Waals surface area contributed by atoms with E-state index in [1.54, 1.807) is 10.4 Å². The Morgan fingerprint density at radius 1 is 1.11 bits per heavy atom. The lowest BCUT2D eigenvalue weighted by atomic mass is 10.2. The molecule has 0 radical (unpaired) electrons. The van der Waals surface area contributed by atoms with Crippen LogP contribution in [0.15, 0.2) is 28.0 Å². The van der Waals surface area contributed by atoms with Crippen LogP contribution in [0.4, 0.5) is 0 Å². The molecule has 0 N–H and O–H groups in total. The monoisotopic (exact) mass is 301 g/mol. The molecule has 0 aliphatic heterocycles. The van der Waals surface area contributed by atoms with Gasteiger partial charge in [0.15, 0.2) is 0 Å². The van der Waals surface area contributed by atoms with E-state index in [4.69, 9.17) is 0 Å². The van der Waals surface area contributed by atoms with Crippen LogP contribution in [0.3, 0.4) is 0 Å². The third-order valence-corrected chi connectivity index (χ3v) is 6.11. The van der Waals surface area contributed by atoms with Crippen molar-refractivity contribution in [3.05, 3.63) is 23.8 Å². The second kappa shape index (κ2) is 6.29. The number of nitrogens with zero attached hydrogens (tertiary/aromatic N) is 1. The maximum absolute atomic E-state index is 12.9. The van der Waals surface area contributed by atoms with Crippen LogP contribution in [-0.2, 0) is 10.0 Å². The molecule has 0 fully saturated rings. The van der Waals surface area contributed by atoms with Gasteiger partial charge in [0.25, 0.3) is 0 Å². The molecule has 0 bridgehead atoms. The smallest absolute Gasteiger partial charge is 0.207 e. The molecule has 1 rings (SSSR count). The molecule has 1 aromatic carbocycles. The van der Waals surface area contributed by atoms with Crippen LogP contribution in [0.5, 0.6) is 0 Å². The molecule has 5 heteroatoms. The second-order valence-corrected chi connectivity index (χ2v) is 7.84. The summed E-state index contributed by atoms with van der Waals surface area (Å²) >= 11 is 1.47. The van der Waals surface area contributed by atoms with Crippen LogP contribution in [0, 0.1) is 6.92 Å². The molecule has 0 amide bonds. The van der Waals surface area contributed by atoms with Crippen molar-refractivity contribution in [1.82, 2.24) is 4.31 Å². The zero-order valence-corrected chi connectivity index (χ0v) is 14.1. The van der Waals surface area contributed by atoms with Crippen LogP contribution in [0.2, 0.25) is 0 Å². The lowest BCUT2D eigenvalue weighted by molar-refractivity contribution is 0.301. The van der Waals surface area contributed by atoms with Crippen molar-refractivity contribution in [2.45, 2.75) is 56.5 Å². The highest BCUT2D eigenvalue weighted by molar-refractivity contribution is 7.99. The summed E-state index contributed by atoms with van der Waals surface area (Å²) in [4.78, 5) is 1.22. The molecule has 0 spiro atoms. The van der Waals surface area contributed by atoms with E-state index in [9.17, 15) is 8.42 Å². The summed E-state index contributed by atoms with van der Waals surface area (Å²) in [7, 11) is -3.45. The zero-order chi connectivity index (χ0) is 14.8. The van der Waals surface area contributed by atoms with Gasteiger partial charge in [-0.25, -0.2) is 8.42 Å². The maximum Gasteiger partial charge on any atom is 0.244 e. The summed E-state index contributed by atoms with van der Waals surface area (Å²) in [5.41, 5.74) is 0.962. The molecule has 0 unspecified atom stereocenters. The molecule has 0 aliphatic carbocycles. The molecular weight excluding hydrogens is 278 g/mol. The fourth-order valence-electron chi connectivity index (χ4n) is 2.25. The van der Waals surface area contributed by atoms with Crippen LogP contribution in [0.25, 0.3) is 0 Å². The predicted octanol–water partition coefficient (Wildman–Crippen LogP) is 3.52. The highest BCUT2D eigenvalue weighted by Crippen LogP contribution is 2.30. The summed E-state index contributed by atoms with van der Waals surface area (Å²) in [5, 5.41) is 0. The summed E-state index contributed by atoms with van der Waals surface area (Å²) in [6, 6.07) is 5.48. The third kappa shape index (κ3) is 3.52. The first-order valence-electron chi connectivity index (χ1n) is 6.40. The minimum absolute atomic E-state index is 0.0554. The van der Waals surface area contributed by atoms with Crippen molar-refractivity contribution in [2.24, 2.45) is 0 Å². The Hall–Kier alpha value is -0.520. The van der Waals surface area contributed by atoms with Crippen LogP contribution in [-0.4, -0.2) is 31.1 Å². The molecule has 1 aromatic rings. The van der Waals surface area contributed by atoms with Crippen LogP contribution in [0.1, 0.15) is 33.3 Å². The Bertz CT molecular complexity index is 528. The van der Waals surface area contributed by atoms with Crippen molar-refractivity contribution in [1.29, 1.82) is 0 Å². The van der Waals surface area contributed by atoms with Gasteiger partial charge in [0, 0.05) is 17.0 Å². The van der Waals surface area contributed by atoms with Gasteiger partial charge in [0.2, 0.25) is 10.0 Å². The van der Waals surface area contributed by atoms with Gasteiger partial charge >= 0.3 is 0 Å². The van der Waals surface area contributed by atoms with Crippen molar-refractivity contribution in [3.63, 3.8) is 0 Å². The van der Waals surface area contributed by atoms with Crippen molar-refractivity contribution in [2.75, 3.05) is 6.26 Å². The Kier molecular flexibility index (Phi) is 5.47. The SMILES string of the molecule is CSc1ccc(C)cc1S(=O)(=O)N(C(C)C)C(C)C. The average molecular weight is 301 g/mol. The minimum Gasteiger partial charge on any atom is -0.207 e. The normalized spacial score (nSPS) is 12.7. The van der Waals surface area contributed by atoms with Gasteiger partial charge in [-0.1, -0.05) is 6.07 Å². The van der Waals surface area contributed by atoms with Crippen molar-refractivity contribution >= 4 is 21.8 Å². The van der Waals surface area contributed by atoms with Gasteiger partial charge in [-0.15, -0.1) is 11.8 Å². The molecule has 19 heavy (non-hydrogen) atoms. The first kappa shape index (κ1) is 16.5. The van der Waals surface area contributed by atoms with Crippen molar-refractivity contribution in [3.8, 4) is 0 Å². The standard InChI is InChI=1S/C14H23NO2S2/c1-10(2)15(11(3)4)19(16,17)14-9-12(5)7-8-13(14)18-6/h7-11H,1-6H3. The highest BCUT2D eigenvalue weighted by Gasteiger charge is 2.31. The molecule has 3 nitrogen and oxygen atoms in total. The van der Waals surface area contributed by atoms with Gasteiger partial charge in [0.05, 0.1) is 4.90 Å². The quantitative estimate of drug-likeness (QED) is 0.781. The maximum atomic E-state index is 12.9. The van der Waals surface area contributed by atoms with Gasteiger partial charge in [-0.3, -0.25) is 0 Å². The van der Waals surface area contributed by atoms with Crippen LogP contribution >= 0.6 is 11.8 Å². The zero-order valence-electron chi connectivity index (χ0n) is 12.5. The molecule has 0 saturated heterocycles. The summed E-state index contributed by atoms with van der Waals surface area (Å²) in [5.74, 6) is 0. The molecule has 0 heterocycles. The fraction of sp³-hybridized carbons (Fsp3) is 0.571. The van der Waals surface area contributed by atoms with Crippen molar-refractivity contribution < 1.29 is 8.42 Å². The predicted molar refractivity (Wildman–Crippen MR) is 82.3 cm³/mol. The second-order valence-electron chi connectivity index (χ2n) is 5.18. The number of rotatable bonds is 5. The number of aryl methyl sites for hydroxylation is 1. The summed E-state index contributed by atoms with van der Waals surface area (Å²) in [6.07, 6.45) is 1.90. The third-order valence-electron chi connectivity index (χ3n) is 2.89. The molecule has 0 aromatic heterocycles. The summed E-state index contributed by atoms with van der Waals surface area (Å²) in [6.45, 7) is 9.55. The van der Waals surface area contributed by atoms with E-state index in [2.05, 4.69) is 0 Å². The Morgan fingerprint density at radius 2 is 1.63 bits per heavy atom. The molecule has 0 aliphatic rings. The number of sulfonamides is 1. The average Bonchev–Trinajstić information content (AvgIpc) is 2.27. The number of thioether (sulfide) groups is 1. The van der Waals surface area contributed by atoms with Crippen LogP contribution < -0.4 is 0 Å². The Morgan fingerprint density at radius 3 is 2.05 bits per heavy atom. The summed E-state index contributed by atoms with van der Waals surface area (Å²) < 4.78 is 27.3. The van der Waals surface area contributed by atoms with E-state index in [0.29, 0.717) is 4.90 Å². The Balaban J connectivity index is 3.45. The fourth-order valence-corrected chi connectivity index (χ4v) is 5.27. The van der Waals surface area contributed by atoms with Gasteiger partial charge in [0.1, 0.15) is 0 Å². The Labute approximate surface area is 121 Å². The van der Waals surface area contributed by atoms with E-state index in [0.717, 1.165) is 10.5 Å². The molecular formula is C14H23NO2S2. The highest BCUT2D eigenvalue weighted by atomic mass is 32.2. The van der Waals surface area contributed by atoms with Gasteiger partial charge < -0.3 is 0 Å². The van der Waals surface area contributed by atoms with E-state index >= 15 is 0 Å². The molecule has 108 valence electrons. The van der Waals surface area contributed by atoms with E-state index in [1.807, 2.05) is 53.0 Å². The topological polar surface area (TPSA) is 37.4 Å². The van der Waals surface area contributed by atoms with E-state index in [1.165, 1.54) is 11.8 Å². The largest absolute Gasteiger partial charge is 0.244 e. The lowest BCUT2D eigenvalue weighted by Gasteiger charge is -2.30. The molecule has 0 saturated carbocycles. The first-order chi connectivity index (χ1) is 8.71. The number of hydrogen-bond acceptors (Lipinski definition) is 3. The lowest BCUT2D eigenvalue weighted by Crippen LogP contribution is -2.42. The number of benzene rings is 1. The van der Waals surface area contributed by atoms with Gasteiger partial charge in [-0.05, 0) is 58.6 Å². The number of hydrogen-bond donors (Lipinski definition) is 0. The van der Waals surface area contributed by atoms with E-state index in [-0.39, 0.29) is 12.1 Å². The van der Waals surface area contributed by atoms with Gasteiger partial charge in [-0.2, -0.15) is 4.31 Å². The first-order valence-corrected chi connectivity index (χ1v) is 9.06.